The zero-order valence-corrected chi connectivity index (χ0v) is 8.65. The summed E-state index contributed by atoms with van der Waals surface area (Å²) in [4.78, 5) is 10.7. The number of rotatable bonds is 4. The van der Waals surface area contributed by atoms with Crippen molar-refractivity contribution in [1.29, 1.82) is 0 Å². The van der Waals surface area contributed by atoms with Gasteiger partial charge in [-0.3, -0.25) is 0 Å². The summed E-state index contributed by atoms with van der Waals surface area (Å²) in [6, 6.07) is 4.01. The number of aliphatic carboxylic acids is 1. The van der Waals surface area contributed by atoms with E-state index in [1.165, 1.54) is 14.2 Å². The van der Waals surface area contributed by atoms with Gasteiger partial charge >= 0.3 is 0 Å². The van der Waals surface area contributed by atoms with Gasteiger partial charge in [0.15, 0.2) is 17.5 Å². The summed E-state index contributed by atoms with van der Waals surface area (Å²) in [5.41, 5.74) is 3.94. The molecule has 0 saturated carbocycles. The average Bonchev–Trinajstić information content (AvgIpc) is 2.26. The molecule has 1 atom stereocenters. The van der Waals surface area contributed by atoms with Crippen LogP contribution in [-0.4, -0.2) is 20.2 Å². The normalized spacial score (nSPS) is 11.9. The molecule has 0 amide bonds. The molecule has 1 aromatic rings. The maximum atomic E-state index is 10.7. The van der Waals surface area contributed by atoms with Crippen LogP contribution in [0.2, 0.25) is 0 Å². The molecule has 3 N–H and O–H groups in total. The Bertz CT molecular complexity index is 364. The largest absolute Gasteiger partial charge is 0.544 e. The number of carboxylic acids is 1. The number of carbonyl (C=O) groups is 1. The first-order valence-corrected chi connectivity index (χ1v) is 4.36. The minimum atomic E-state index is -1.25. The van der Waals surface area contributed by atoms with E-state index in [0.29, 0.717) is 17.1 Å². The fourth-order valence-electron chi connectivity index (χ4n) is 1.31. The average molecular weight is 211 g/mol. The molecule has 0 saturated heterocycles. The van der Waals surface area contributed by atoms with E-state index in [1.54, 1.807) is 18.2 Å². The molecule has 0 aliphatic heterocycles. The minimum Gasteiger partial charge on any atom is -0.544 e. The lowest BCUT2D eigenvalue weighted by molar-refractivity contribution is -0.443. The topological polar surface area (TPSA) is 86.2 Å². The Morgan fingerprint density at radius 2 is 2.07 bits per heavy atom. The summed E-state index contributed by atoms with van der Waals surface area (Å²) in [5.74, 6) is -0.393. The van der Waals surface area contributed by atoms with Gasteiger partial charge in [0.05, 0.1) is 19.8 Å². The van der Waals surface area contributed by atoms with E-state index < -0.39 is 12.0 Å². The van der Waals surface area contributed by atoms with Gasteiger partial charge in [0.25, 0.3) is 0 Å². The predicted octanol–water partition coefficient (Wildman–Crippen LogP) is -1.26. The lowest BCUT2D eigenvalue weighted by Gasteiger charge is -2.15. The molecule has 0 fully saturated rings. The number of hydrogen-bond donors (Lipinski definition) is 1. The van der Waals surface area contributed by atoms with E-state index in [2.05, 4.69) is 5.73 Å². The molecule has 5 nitrogen and oxygen atoms in total. The second kappa shape index (κ2) is 4.65. The lowest BCUT2D eigenvalue weighted by Crippen LogP contribution is -2.61. The van der Waals surface area contributed by atoms with E-state index in [9.17, 15) is 9.90 Å². The van der Waals surface area contributed by atoms with E-state index in [0.717, 1.165) is 0 Å². The molecular weight excluding hydrogens is 198 g/mol. The molecule has 0 aromatic heterocycles. The smallest absolute Gasteiger partial charge is 0.170 e. The van der Waals surface area contributed by atoms with E-state index in [-0.39, 0.29) is 0 Å². The number of carbonyl (C=O) groups excluding carboxylic acids is 1. The molecule has 0 unspecified atom stereocenters. The first-order chi connectivity index (χ1) is 7.11. The van der Waals surface area contributed by atoms with Crippen LogP contribution in [-0.2, 0) is 4.79 Å². The van der Waals surface area contributed by atoms with Crippen LogP contribution in [0.25, 0.3) is 0 Å². The van der Waals surface area contributed by atoms with Crippen LogP contribution in [0.15, 0.2) is 18.2 Å². The second-order valence-corrected chi connectivity index (χ2v) is 2.95. The van der Waals surface area contributed by atoms with E-state index in [4.69, 9.17) is 9.47 Å². The standard InChI is InChI=1S/C10H13NO4/c1-14-7-5-3-4-6(9(7)15-2)8(11)10(12)13/h3-5,8H,11H2,1-2H3,(H,12,13)/t8-/m1/s1. The second-order valence-electron chi connectivity index (χ2n) is 2.95. The molecular formula is C10H13NO4. The molecule has 15 heavy (non-hydrogen) atoms. The molecule has 0 aliphatic carbocycles. The summed E-state index contributed by atoms with van der Waals surface area (Å²) in [7, 11) is 2.93. The maximum Gasteiger partial charge on any atom is 0.170 e. The van der Waals surface area contributed by atoms with Crippen molar-refractivity contribution in [2.45, 2.75) is 6.04 Å². The quantitative estimate of drug-likeness (QED) is 0.673. The van der Waals surface area contributed by atoms with Gasteiger partial charge in [-0.2, -0.15) is 0 Å². The molecule has 0 radical (unpaired) electrons. The highest BCUT2D eigenvalue weighted by atomic mass is 16.5. The highest BCUT2D eigenvalue weighted by Crippen LogP contribution is 2.32. The third-order valence-electron chi connectivity index (χ3n) is 2.09. The van der Waals surface area contributed by atoms with Crippen LogP contribution >= 0.6 is 0 Å². The Hall–Kier alpha value is -1.75. The van der Waals surface area contributed by atoms with Crippen LogP contribution < -0.4 is 20.3 Å². The van der Waals surface area contributed by atoms with E-state index in [1.807, 2.05) is 0 Å². The summed E-state index contributed by atoms with van der Waals surface area (Å²) in [6.45, 7) is 0. The van der Waals surface area contributed by atoms with Crippen molar-refractivity contribution in [1.82, 2.24) is 0 Å². The Kier molecular flexibility index (Phi) is 3.51. The number of ether oxygens (including phenoxy) is 2. The number of para-hydroxylation sites is 1. The Morgan fingerprint density at radius 3 is 2.53 bits per heavy atom. The molecule has 5 heteroatoms. The molecule has 0 spiro atoms. The van der Waals surface area contributed by atoms with Crippen molar-refractivity contribution < 1.29 is 25.1 Å². The molecule has 0 heterocycles. The highest BCUT2D eigenvalue weighted by Gasteiger charge is 2.19. The number of benzene rings is 1. The SMILES string of the molecule is COc1cccc([C@@H]([NH3+])C(=O)[O-])c1OC. The van der Waals surface area contributed by atoms with Crippen molar-refractivity contribution in [3.05, 3.63) is 23.8 Å². The van der Waals surface area contributed by atoms with Crippen LogP contribution in [0.4, 0.5) is 0 Å². The summed E-state index contributed by atoms with van der Waals surface area (Å²) in [6.07, 6.45) is 0. The third-order valence-corrected chi connectivity index (χ3v) is 2.09. The Morgan fingerprint density at radius 1 is 1.40 bits per heavy atom. The van der Waals surface area contributed by atoms with Crippen molar-refractivity contribution in [2.75, 3.05) is 14.2 Å². The zero-order valence-electron chi connectivity index (χ0n) is 8.65. The fourth-order valence-corrected chi connectivity index (χ4v) is 1.31. The van der Waals surface area contributed by atoms with Crippen LogP contribution in [0.5, 0.6) is 11.5 Å². The van der Waals surface area contributed by atoms with Gasteiger partial charge in [-0.15, -0.1) is 0 Å². The van der Waals surface area contributed by atoms with E-state index >= 15 is 0 Å². The van der Waals surface area contributed by atoms with Crippen molar-refractivity contribution in [2.24, 2.45) is 0 Å². The van der Waals surface area contributed by atoms with Gasteiger partial charge in [0.1, 0.15) is 5.97 Å². The van der Waals surface area contributed by atoms with Gasteiger partial charge in [-0.1, -0.05) is 6.07 Å². The van der Waals surface area contributed by atoms with Gasteiger partial charge in [0.2, 0.25) is 0 Å². The Labute approximate surface area is 87.4 Å². The molecule has 1 aromatic carbocycles. The molecule has 0 aliphatic rings. The zero-order chi connectivity index (χ0) is 11.4. The number of carboxylic acid groups (broad SMARTS) is 1. The fraction of sp³-hybridized carbons (Fsp3) is 0.300. The van der Waals surface area contributed by atoms with Crippen LogP contribution in [0.3, 0.4) is 0 Å². The van der Waals surface area contributed by atoms with Crippen molar-refractivity contribution in [3.8, 4) is 11.5 Å². The van der Waals surface area contributed by atoms with Gasteiger partial charge < -0.3 is 25.1 Å². The molecule has 0 bridgehead atoms. The first kappa shape index (κ1) is 11.3. The number of methoxy groups -OCH3 is 2. The van der Waals surface area contributed by atoms with Crippen molar-refractivity contribution in [3.63, 3.8) is 0 Å². The third kappa shape index (κ3) is 2.19. The summed E-state index contributed by atoms with van der Waals surface area (Å²) >= 11 is 0. The lowest BCUT2D eigenvalue weighted by atomic mass is 10.1. The van der Waals surface area contributed by atoms with Crippen molar-refractivity contribution >= 4 is 5.97 Å². The van der Waals surface area contributed by atoms with Gasteiger partial charge in [0, 0.05) is 0 Å². The molecule has 1 rings (SSSR count). The van der Waals surface area contributed by atoms with Gasteiger partial charge in [-0.25, -0.2) is 0 Å². The maximum absolute atomic E-state index is 10.7. The Balaban J connectivity index is 3.22. The molecule has 82 valence electrons. The minimum absolute atomic E-state index is 0.379. The summed E-state index contributed by atoms with van der Waals surface area (Å²) < 4.78 is 10.1. The number of quaternary nitrogens is 1. The highest BCUT2D eigenvalue weighted by molar-refractivity contribution is 5.73. The first-order valence-electron chi connectivity index (χ1n) is 4.36. The summed E-state index contributed by atoms with van der Waals surface area (Å²) in [5, 5.41) is 10.7. The van der Waals surface area contributed by atoms with Crippen LogP contribution in [0, 0.1) is 0 Å². The number of hydrogen-bond acceptors (Lipinski definition) is 4. The predicted molar refractivity (Wildman–Crippen MR) is 50.2 cm³/mol. The monoisotopic (exact) mass is 211 g/mol. The van der Waals surface area contributed by atoms with Gasteiger partial charge in [-0.05, 0) is 12.1 Å². The van der Waals surface area contributed by atoms with Crippen LogP contribution in [0.1, 0.15) is 11.6 Å².